The third-order valence-electron chi connectivity index (χ3n) is 3.98. The average molecular weight is 442 g/mol. The maximum Gasteiger partial charge on any atom is 0.371 e. The highest BCUT2D eigenvalue weighted by atomic mass is 32.2. The fourth-order valence-electron chi connectivity index (χ4n) is 2.31. The molecule has 0 heterocycles. The Morgan fingerprint density at radius 1 is 0.862 bits per heavy atom. The lowest BCUT2D eigenvalue weighted by Gasteiger charge is -2.24. The molecule has 0 aliphatic rings. The quantitative estimate of drug-likeness (QED) is 0.602. The van der Waals surface area contributed by atoms with Crippen molar-refractivity contribution in [3.05, 3.63) is 59.7 Å². The van der Waals surface area contributed by atoms with E-state index in [1.54, 1.807) is 13.8 Å². The lowest BCUT2D eigenvalue weighted by molar-refractivity contribution is -0.154. The highest BCUT2D eigenvalue weighted by molar-refractivity contribution is 7.93. The van der Waals surface area contributed by atoms with Crippen molar-refractivity contribution in [2.45, 2.75) is 35.0 Å². The number of carbonyl (C=O) groups is 2. The normalized spacial score (nSPS) is 14.0. The summed E-state index contributed by atoms with van der Waals surface area (Å²) in [5, 5.41) is 19.6. The van der Waals surface area contributed by atoms with E-state index in [0.717, 1.165) is 24.3 Å². The molecule has 2 aromatic rings. The average Bonchev–Trinajstić information content (AvgIpc) is 2.61. The summed E-state index contributed by atoms with van der Waals surface area (Å²) in [4.78, 5) is 18.9. The predicted molar refractivity (Wildman–Crippen MR) is 100 cm³/mol. The summed E-state index contributed by atoms with van der Waals surface area (Å²) in [5.74, 6) is -3.99. The van der Waals surface area contributed by atoms with Crippen molar-refractivity contribution in [1.29, 1.82) is 0 Å². The number of carbonyl (C=O) groups excluding carboxylic acids is 1. The van der Waals surface area contributed by atoms with Gasteiger partial charge in [-0.3, -0.25) is 4.79 Å². The van der Waals surface area contributed by atoms with Crippen molar-refractivity contribution in [2.75, 3.05) is 0 Å². The van der Waals surface area contributed by atoms with Crippen LogP contribution in [0, 0.1) is 13.8 Å². The third-order valence-corrected chi connectivity index (χ3v) is 7.29. The van der Waals surface area contributed by atoms with E-state index in [1.807, 2.05) is 0 Å². The number of carboxylic acids is 1. The zero-order chi connectivity index (χ0) is 22.0. The number of carboxylic acid groups (broad SMARTS) is 1. The molecule has 1 atom stereocenters. The van der Waals surface area contributed by atoms with Crippen LogP contribution in [-0.2, 0) is 33.7 Å². The van der Waals surface area contributed by atoms with Gasteiger partial charge in [0.25, 0.3) is 4.93 Å². The van der Waals surface area contributed by atoms with Gasteiger partial charge in [0, 0.05) is 0 Å². The second-order valence-electron chi connectivity index (χ2n) is 6.31. The Labute approximate surface area is 167 Å². The Balaban J connectivity index is 2.50. The van der Waals surface area contributed by atoms with Gasteiger partial charge in [-0.1, -0.05) is 35.4 Å². The number of hydrogen-bond acceptors (Lipinski definition) is 8. The van der Waals surface area contributed by atoms with E-state index in [2.05, 4.69) is 4.18 Å². The number of rotatable bonds is 7. The van der Waals surface area contributed by atoms with E-state index >= 15 is 0 Å². The van der Waals surface area contributed by atoms with E-state index in [9.17, 15) is 31.5 Å². The van der Waals surface area contributed by atoms with E-state index in [0.29, 0.717) is 11.1 Å². The van der Waals surface area contributed by atoms with Crippen LogP contribution in [0.3, 0.4) is 0 Å². The van der Waals surface area contributed by atoms with Gasteiger partial charge < -0.3 is 14.4 Å². The summed E-state index contributed by atoms with van der Waals surface area (Å²) in [6, 6.07) is 9.88. The van der Waals surface area contributed by atoms with Gasteiger partial charge in [-0.2, -0.15) is 8.42 Å². The monoisotopic (exact) mass is 442 g/mol. The second-order valence-corrected chi connectivity index (χ2v) is 10.0. The Morgan fingerprint density at radius 2 is 1.28 bits per heavy atom. The lowest BCUT2D eigenvalue weighted by Crippen LogP contribution is -2.49. The van der Waals surface area contributed by atoms with E-state index < -0.39 is 53.0 Å². The summed E-state index contributed by atoms with van der Waals surface area (Å²) < 4.78 is 54.5. The standard InChI is InChI=1S/C18H18O9S2/c1-12-3-7-14(8-4-12)28(23,24)18(22,11-16(19)20)17(21)27-29(25,26)15-9-5-13(2)6-10-15/h3-10,22H,11H2,1-2H3,(H,19,20). The zero-order valence-electron chi connectivity index (χ0n) is 15.4. The van der Waals surface area contributed by atoms with Crippen molar-refractivity contribution >= 4 is 31.9 Å². The van der Waals surface area contributed by atoms with Crippen LogP contribution in [-0.4, -0.2) is 43.9 Å². The van der Waals surface area contributed by atoms with Gasteiger partial charge in [0.1, 0.15) is 11.3 Å². The first kappa shape index (κ1) is 22.5. The molecule has 156 valence electrons. The highest BCUT2D eigenvalue weighted by Gasteiger charge is 2.54. The molecule has 2 rings (SSSR count). The summed E-state index contributed by atoms with van der Waals surface area (Å²) in [6.45, 7) is 3.34. The van der Waals surface area contributed by atoms with Crippen LogP contribution in [0.1, 0.15) is 17.5 Å². The number of sulfone groups is 1. The molecule has 9 nitrogen and oxygen atoms in total. The first-order valence-corrected chi connectivity index (χ1v) is 11.0. The fraction of sp³-hybridized carbons (Fsp3) is 0.222. The summed E-state index contributed by atoms with van der Waals surface area (Å²) in [6.07, 6.45) is -1.62. The van der Waals surface area contributed by atoms with Crippen LogP contribution in [0.4, 0.5) is 0 Å². The Kier molecular flexibility index (Phi) is 6.16. The van der Waals surface area contributed by atoms with Gasteiger partial charge >= 0.3 is 22.1 Å². The third kappa shape index (κ3) is 4.63. The minimum atomic E-state index is -5.04. The van der Waals surface area contributed by atoms with E-state index in [-0.39, 0.29) is 0 Å². The first-order chi connectivity index (χ1) is 13.3. The molecule has 0 radical (unpaired) electrons. The molecule has 0 amide bonds. The summed E-state index contributed by atoms with van der Waals surface area (Å²) in [5.41, 5.74) is 1.37. The van der Waals surface area contributed by atoms with Crippen molar-refractivity contribution in [3.8, 4) is 0 Å². The zero-order valence-corrected chi connectivity index (χ0v) is 17.0. The van der Waals surface area contributed by atoms with Crippen molar-refractivity contribution in [3.63, 3.8) is 0 Å². The molecular weight excluding hydrogens is 424 g/mol. The van der Waals surface area contributed by atoms with Gasteiger partial charge in [0.2, 0.25) is 9.84 Å². The smallest absolute Gasteiger partial charge is 0.371 e. The second kappa shape index (κ2) is 7.93. The maximum atomic E-state index is 12.8. The topological polar surface area (TPSA) is 152 Å². The van der Waals surface area contributed by atoms with Gasteiger partial charge in [0.05, 0.1) is 4.90 Å². The van der Waals surface area contributed by atoms with Crippen LogP contribution in [0.15, 0.2) is 58.3 Å². The minimum absolute atomic E-state index is 0.471. The van der Waals surface area contributed by atoms with E-state index in [4.69, 9.17) is 5.11 Å². The number of hydrogen-bond donors (Lipinski definition) is 2. The van der Waals surface area contributed by atoms with Crippen LogP contribution < -0.4 is 0 Å². The molecule has 0 aliphatic heterocycles. The van der Waals surface area contributed by atoms with Crippen LogP contribution >= 0.6 is 0 Å². The molecule has 11 heteroatoms. The predicted octanol–water partition coefficient (Wildman–Crippen LogP) is 1.17. The molecule has 0 saturated carbocycles. The van der Waals surface area contributed by atoms with Crippen molar-refractivity contribution < 1.29 is 40.8 Å². The van der Waals surface area contributed by atoms with E-state index in [1.165, 1.54) is 24.3 Å². The minimum Gasteiger partial charge on any atom is -0.481 e. The molecule has 0 aromatic heterocycles. The summed E-state index contributed by atoms with van der Waals surface area (Å²) >= 11 is 0. The highest BCUT2D eigenvalue weighted by Crippen LogP contribution is 2.30. The van der Waals surface area contributed by atoms with Gasteiger partial charge in [-0.15, -0.1) is 0 Å². The number of aliphatic carboxylic acids is 1. The molecule has 0 bridgehead atoms. The molecule has 0 spiro atoms. The number of benzene rings is 2. The molecule has 2 aromatic carbocycles. The molecule has 1 unspecified atom stereocenters. The first-order valence-electron chi connectivity index (χ1n) is 8.11. The number of aryl methyl sites for hydroxylation is 2. The molecule has 29 heavy (non-hydrogen) atoms. The van der Waals surface area contributed by atoms with Crippen LogP contribution in [0.5, 0.6) is 0 Å². The fourth-order valence-corrected chi connectivity index (χ4v) is 4.73. The Bertz CT molecular complexity index is 1130. The molecule has 2 N–H and O–H groups in total. The Morgan fingerprint density at radius 3 is 1.69 bits per heavy atom. The van der Waals surface area contributed by atoms with Crippen molar-refractivity contribution in [1.82, 2.24) is 0 Å². The Hall–Kier alpha value is -2.76. The lowest BCUT2D eigenvalue weighted by atomic mass is 10.2. The number of aliphatic hydroxyl groups is 1. The van der Waals surface area contributed by atoms with Crippen LogP contribution in [0.2, 0.25) is 0 Å². The molecule has 0 saturated heterocycles. The maximum absolute atomic E-state index is 12.8. The van der Waals surface area contributed by atoms with Gasteiger partial charge in [-0.25, -0.2) is 13.2 Å². The van der Waals surface area contributed by atoms with Crippen LogP contribution in [0.25, 0.3) is 0 Å². The SMILES string of the molecule is Cc1ccc(S(=O)(=O)OC(=O)C(O)(CC(=O)O)S(=O)(=O)c2ccc(C)cc2)cc1. The molecule has 0 fully saturated rings. The van der Waals surface area contributed by atoms with Gasteiger partial charge in [0.15, 0.2) is 0 Å². The van der Waals surface area contributed by atoms with Gasteiger partial charge in [-0.05, 0) is 38.1 Å². The van der Waals surface area contributed by atoms with Crippen molar-refractivity contribution in [2.24, 2.45) is 0 Å². The largest absolute Gasteiger partial charge is 0.481 e. The summed E-state index contributed by atoms with van der Waals surface area (Å²) in [7, 11) is -9.85. The molecular formula is C18H18O9S2. The molecule has 0 aliphatic carbocycles.